The Bertz CT molecular complexity index is 861. The van der Waals surface area contributed by atoms with Crippen molar-refractivity contribution < 1.29 is 74.1 Å². The van der Waals surface area contributed by atoms with Gasteiger partial charge in [-0.15, -0.1) is 0 Å². The van der Waals surface area contributed by atoms with E-state index in [0.717, 1.165) is 17.3 Å². The molecule has 0 atom stereocenters. The Kier molecular flexibility index (Phi) is 8.58. The van der Waals surface area contributed by atoms with Gasteiger partial charge in [0.2, 0.25) is 5.95 Å². The van der Waals surface area contributed by atoms with Crippen molar-refractivity contribution in [3.63, 3.8) is 0 Å². The average molecular weight is 351 g/mol. The van der Waals surface area contributed by atoms with E-state index in [9.17, 15) is 15.0 Å². The zero-order valence-corrected chi connectivity index (χ0v) is 17.9. The number of benzene rings is 2. The summed E-state index contributed by atoms with van der Waals surface area (Å²) < 4.78 is 0. The Morgan fingerprint density at radius 1 is 0.960 bits per heavy atom. The third kappa shape index (κ3) is 5.54. The van der Waals surface area contributed by atoms with Gasteiger partial charge in [-0.05, 0) is 23.3 Å². The van der Waals surface area contributed by atoms with Crippen LogP contribution in [0.15, 0.2) is 60.8 Å². The van der Waals surface area contributed by atoms with Crippen LogP contribution in [0.2, 0.25) is 0 Å². The molecule has 3 rings (SSSR count). The number of hydrogen-bond donors (Lipinski definition) is 1. The van der Waals surface area contributed by atoms with E-state index in [1.165, 1.54) is 0 Å². The van der Waals surface area contributed by atoms with Crippen LogP contribution >= 0.6 is 0 Å². The topological polar surface area (TPSA) is 101 Å². The standard InChI is InChI=1S/C17H13N3O3.2Na/c21-15-14(16(22)23)10-18-17(20-15)19-13-8-4-7-12(9-13)11-5-2-1-3-6-11;;/h1-10H,(H,22,23)(H2,18,19,20,21);;/q;2*+1/p-2. The summed E-state index contributed by atoms with van der Waals surface area (Å²) in [7, 11) is 0. The maximum absolute atomic E-state index is 11.5. The largest absolute Gasteiger partial charge is 1.00 e. The molecule has 2 aromatic carbocycles. The first-order valence-corrected chi connectivity index (χ1v) is 6.81. The minimum absolute atomic E-state index is 0. The number of carbonyl (C=O) groups excluding carboxylic acids is 1. The molecule has 0 fully saturated rings. The Morgan fingerprint density at radius 3 is 2.28 bits per heavy atom. The maximum atomic E-state index is 11.5. The first-order valence-electron chi connectivity index (χ1n) is 6.81. The van der Waals surface area contributed by atoms with Gasteiger partial charge in [-0.1, -0.05) is 42.5 Å². The fourth-order valence-electron chi connectivity index (χ4n) is 2.10. The summed E-state index contributed by atoms with van der Waals surface area (Å²) in [4.78, 5) is 18.1. The summed E-state index contributed by atoms with van der Waals surface area (Å²) in [5.41, 5.74) is 2.17. The molecule has 0 aliphatic rings. The van der Waals surface area contributed by atoms with Gasteiger partial charge in [0.05, 0.1) is 5.97 Å². The van der Waals surface area contributed by atoms with Crippen LogP contribution < -0.4 is 74.6 Å². The van der Waals surface area contributed by atoms with Gasteiger partial charge < -0.3 is 20.3 Å². The van der Waals surface area contributed by atoms with Crippen molar-refractivity contribution in [1.29, 1.82) is 0 Å². The van der Waals surface area contributed by atoms with Crippen LogP contribution in [0.4, 0.5) is 11.6 Å². The zero-order valence-electron chi connectivity index (χ0n) is 13.9. The summed E-state index contributed by atoms with van der Waals surface area (Å²) >= 11 is 0. The number of carbonyl (C=O) groups is 1. The molecule has 6 nitrogen and oxygen atoms in total. The number of rotatable bonds is 4. The van der Waals surface area contributed by atoms with Gasteiger partial charge in [0.1, 0.15) is 0 Å². The second-order valence-electron chi connectivity index (χ2n) is 4.77. The van der Waals surface area contributed by atoms with Gasteiger partial charge in [-0.2, -0.15) is 0 Å². The number of carboxylic acid groups (broad SMARTS) is 1. The van der Waals surface area contributed by atoms with Crippen molar-refractivity contribution in [3.05, 3.63) is 66.4 Å². The van der Waals surface area contributed by atoms with Crippen LogP contribution in [0.1, 0.15) is 10.4 Å². The third-order valence-electron chi connectivity index (χ3n) is 3.20. The summed E-state index contributed by atoms with van der Waals surface area (Å²) in [5, 5.41) is 25.1. The van der Waals surface area contributed by atoms with E-state index in [1.54, 1.807) is 6.07 Å². The predicted molar refractivity (Wildman–Crippen MR) is 81.0 cm³/mol. The van der Waals surface area contributed by atoms with Crippen LogP contribution in [0, 0.1) is 0 Å². The Morgan fingerprint density at radius 2 is 1.64 bits per heavy atom. The fourth-order valence-corrected chi connectivity index (χ4v) is 2.10. The van der Waals surface area contributed by atoms with E-state index in [1.807, 2.05) is 48.5 Å². The predicted octanol–water partition coefficient (Wildman–Crippen LogP) is -4.67. The van der Waals surface area contributed by atoms with Crippen LogP contribution in [0.5, 0.6) is 5.88 Å². The molecular formula is C17H11N3Na2O3. The summed E-state index contributed by atoms with van der Waals surface area (Å²) in [6, 6.07) is 17.3. The van der Waals surface area contributed by atoms with Gasteiger partial charge in [0, 0.05) is 23.3 Å². The number of aromatic nitrogens is 2. The summed E-state index contributed by atoms with van der Waals surface area (Å²) in [6.45, 7) is 0. The Balaban J connectivity index is 0.00000156. The maximum Gasteiger partial charge on any atom is 1.00 e. The molecule has 0 amide bonds. The number of hydrogen-bond acceptors (Lipinski definition) is 6. The molecular weight excluding hydrogens is 340 g/mol. The SMILES string of the molecule is O=C([O-])c1cnc(Nc2cccc(-c3ccccc3)c2)nc1[O-].[Na+].[Na+]. The number of nitrogens with one attached hydrogen (secondary N) is 1. The quantitative estimate of drug-likeness (QED) is 0.475. The monoisotopic (exact) mass is 351 g/mol. The zero-order chi connectivity index (χ0) is 16.2. The van der Waals surface area contributed by atoms with Gasteiger partial charge >= 0.3 is 59.1 Å². The van der Waals surface area contributed by atoms with Gasteiger partial charge in [-0.25, -0.2) is 9.97 Å². The molecule has 0 unspecified atom stereocenters. The van der Waals surface area contributed by atoms with E-state index in [0.29, 0.717) is 5.69 Å². The first-order chi connectivity index (χ1) is 11.1. The second kappa shape index (κ2) is 9.91. The molecule has 25 heavy (non-hydrogen) atoms. The minimum Gasteiger partial charge on any atom is -0.858 e. The summed E-state index contributed by atoms with van der Waals surface area (Å²) in [6.07, 6.45) is 0.939. The van der Waals surface area contributed by atoms with E-state index in [4.69, 9.17) is 0 Å². The normalized spacial score (nSPS) is 9.44. The van der Waals surface area contributed by atoms with Crippen LogP contribution in [0.3, 0.4) is 0 Å². The minimum atomic E-state index is -1.59. The van der Waals surface area contributed by atoms with E-state index >= 15 is 0 Å². The molecule has 0 bridgehead atoms. The molecule has 0 radical (unpaired) electrons. The molecule has 1 N–H and O–H groups in total. The van der Waals surface area contributed by atoms with Crippen molar-refractivity contribution in [2.45, 2.75) is 0 Å². The molecule has 0 saturated carbocycles. The molecule has 0 aliphatic carbocycles. The molecule has 3 aromatic rings. The smallest absolute Gasteiger partial charge is 0.858 e. The first kappa shape index (κ1) is 21.6. The van der Waals surface area contributed by atoms with E-state index < -0.39 is 17.4 Å². The van der Waals surface area contributed by atoms with Gasteiger partial charge in [0.25, 0.3) is 0 Å². The van der Waals surface area contributed by atoms with Gasteiger partial charge in [0.15, 0.2) is 0 Å². The van der Waals surface area contributed by atoms with E-state index in [2.05, 4.69) is 15.3 Å². The van der Waals surface area contributed by atoms with Crippen LogP contribution in [0.25, 0.3) is 11.1 Å². The number of nitrogens with zero attached hydrogens (tertiary/aromatic N) is 2. The molecule has 114 valence electrons. The molecule has 1 heterocycles. The fraction of sp³-hybridized carbons (Fsp3) is 0. The van der Waals surface area contributed by atoms with Crippen molar-refractivity contribution in [3.8, 4) is 17.0 Å². The van der Waals surface area contributed by atoms with Crippen LogP contribution in [-0.2, 0) is 0 Å². The van der Waals surface area contributed by atoms with Crippen LogP contribution in [-0.4, -0.2) is 15.9 Å². The van der Waals surface area contributed by atoms with Crippen molar-refractivity contribution in [1.82, 2.24) is 9.97 Å². The average Bonchev–Trinajstić information content (AvgIpc) is 2.56. The molecule has 8 heteroatoms. The molecule has 1 aromatic heterocycles. The second-order valence-corrected chi connectivity index (χ2v) is 4.77. The number of aromatic carboxylic acids is 1. The van der Waals surface area contributed by atoms with Crippen molar-refractivity contribution >= 4 is 17.6 Å². The van der Waals surface area contributed by atoms with Gasteiger partial charge in [-0.3, -0.25) is 0 Å². The Labute approximate surface area is 188 Å². The molecule has 0 spiro atoms. The summed E-state index contributed by atoms with van der Waals surface area (Å²) in [5.74, 6) is -2.44. The Hall–Kier alpha value is -1.41. The number of carboxylic acids is 1. The number of anilines is 2. The van der Waals surface area contributed by atoms with E-state index in [-0.39, 0.29) is 65.1 Å². The van der Waals surface area contributed by atoms with Crippen molar-refractivity contribution in [2.24, 2.45) is 0 Å². The third-order valence-corrected chi connectivity index (χ3v) is 3.20. The van der Waals surface area contributed by atoms with Crippen molar-refractivity contribution in [2.75, 3.05) is 5.32 Å². The molecule has 0 aliphatic heterocycles. The molecule has 0 saturated heterocycles.